The van der Waals surface area contributed by atoms with Gasteiger partial charge in [-0.3, -0.25) is 9.79 Å². The molecule has 0 aromatic carbocycles. The highest BCUT2D eigenvalue weighted by Crippen LogP contribution is 2.16. The highest BCUT2D eigenvalue weighted by atomic mass is 16.5. The van der Waals surface area contributed by atoms with Crippen molar-refractivity contribution < 1.29 is 9.53 Å². The van der Waals surface area contributed by atoms with Crippen LogP contribution in [0.15, 0.2) is 11.3 Å². The predicted molar refractivity (Wildman–Crippen MR) is 103 cm³/mol. The topological polar surface area (TPSA) is 87.9 Å². The zero-order valence-electron chi connectivity index (χ0n) is 16.4. The summed E-state index contributed by atoms with van der Waals surface area (Å²) in [5.41, 5.74) is 0. The summed E-state index contributed by atoms with van der Waals surface area (Å²) in [6.07, 6.45) is 4.24. The van der Waals surface area contributed by atoms with Crippen molar-refractivity contribution in [3.05, 3.63) is 12.2 Å². The monoisotopic (exact) mass is 377 g/mol. The molecule has 0 saturated carbocycles. The summed E-state index contributed by atoms with van der Waals surface area (Å²) >= 11 is 0. The van der Waals surface area contributed by atoms with Gasteiger partial charge in [-0.2, -0.15) is 0 Å². The molecule has 1 aromatic heterocycles. The van der Waals surface area contributed by atoms with E-state index >= 15 is 0 Å². The molecule has 1 aromatic rings. The van der Waals surface area contributed by atoms with E-state index in [4.69, 9.17) is 9.73 Å². The molecule has 0 spiro atoms. The lowest BCUT2D eigenvalue weighted by atomic mass is 10.2. The zero-order valence-corrected chi connectivity index (χ0v) is 16.4. The number of carbonyl (C=O) groups is 1. The second-order valence-corrected chi connectivity index (χ2v) is 6.84. The van der Waals surface area contributed by atoms with E-state index in [0.29, 0.717) is 26.2 Å². The third-order valence-electron chi connectivity index (χ3n) is 5.05. The molecular weight excluding hydrogens is 346 g/mol. The van der Waals surface area contributed by atoms with Gasteiger partial charge in [0.1, 0.15) is 18.3 Å². The third-order valence-corrected chi connectivity index (χ3v) is 5.05. The number of amides is 1. The van der Waals surface area contributed by atoms with Gasteiger partial charge in [-0.25, -0.2) is 0 Å². The molecule has 1 atom stereocenters. The predicted octanol–water partition coefficient (Wildman–Crippen LogP) is 0.129. The first-order valence-electron chi connectivity index (χ1n) is 10.0. The molecule has 0 radical (unpaired) electrons. The van der Waals surface area contributed by atoms with Crippen LogP contribution in [0.25, 0.3) is 0 Å². The number of carbonyl (C=O) groups excluding carboxylic acids is 1. The molecule has 1 N–H and O–H groups in total. The molecule has 1 unspecified atom stereocenters. The second kappa shape index (κ2) is 9.68. The van der Waals surface area contributed by atoms with Gasteiger partial charge in [-0.15, -0.1) is 10.2 Å². The number of nitrogens with one attached hydrogen (secondary N) is 1. The first kappa shape index (κ1) is 19.6. The van der Waals surface area contributed by atoms with Crippen molar-refractivity contribution in [1.29, 1.82) is 0 Å². The van der Waals surface area contributed by atoms with E-state index in [0.717, 1.165) is 57.2 Å². The van der Waals surface area contributed by atoms with Crippen molar-refractivity contribution in [3.63, 3.8) is 0 Å². The summed E-state index contributed by atoms with van der Waals surface area (Å²) < 4.78 is 7.58. The van der Waals surface area contributed by atoms with E-state index in [1.54, 1.807) is 6.33 Å². The van der Waals surface area contributed by atoms with Gasteiger partial charge < -0.3 is 24.4 Å². The molecular formula is C18H31N7O2. The minimum absolute atomic E-state index is 0.147. The van der Waals surface area contributed by atoms with E-state index in [9.17, 15) is 4.79 Å². The van der Waals surface area contributed by atoms with Crippen LogP contribution in [0.3, 0.4) is 0 Å². The number of ether oxygens (including phenoxy) is 1. The Morgan fingerprint density at radius 3 is 2.74 bits per heavy atom. The Morgan fingerprint density at radius 2 is 2.07 bits per heavy atom. The zero-order chi connectivity index (χ0) is 19.1. The Morgan fingerprint density at radius 1 is 1.30 bits per heavy atom. The van der Waals surface area contributed by atoms with Crippen molar-refractivity contribution in [2.75, 3.05) is 45.9 Å². The first-order chi connectivity index (χ1) is 13.2. The summed E-state index contributed by atoms with van der Waals surface area (Å²) in [5, 5.41) is 11.4. The first-order valence-corrected chi connectivity index (χ1v) is 10.0. The highest BCUT2D eigenvalue weighted by Gasteiger charge is 2.30. The molecule has 1 amide bonds. The van der Waals surface area contributed by atoms with Crippen LogP contribution in [-0.4, -0.2) is 88.4 Å². The number of aromatic nitrogens is 3. The summed E-state index contributed by atoms with van der Waals surface area (Å²) in [7, 11) is 0. The third kappa shape index (κ3) is 4.97. The van der Waals surface area contributed by atoms with Crippen molar-refractivity contribution in [2.45, 2.75) is 45.8 Å². The lowest BCUT2D eigenvalue weighted by Gasteiger charge is -2.37. The Kier molecular flexibility index (Phi) is 7.03. The van der Waals surface area contributed by atoms with Crippen LogP contribution >= 0.6 is 0 Å². The second-order valence-electron chi connectivity index (χ2n) is 6.84. The van der Waals surface area contributed by atoms with Crippen molar-refractivity contribution >= 4 is 11.9 Å². The van der Waals surface area contributed by atoms with Gasteiger partial charge in [0.05, 0.1) is 6.54 Å². The lowest BCUT2D eigenvalue weighted by molar-refractivity contribution is -0.142. The van der Waals surface area contributed by atoms with E-state index in [1.807, 2.05) is 9.47 Å². The minimum Gasteiger partial charge on any atom is -0.368 e. The van der Waals surface area contributed by atoms with Crippen LogP contribution in [0.1, 0.15) is 32.5 Å². The number of aliphatic imine (C=N–C) groups is 1. The molecule has 0 aliphatic carbocycles. The molecule has 150 valence electrons. The molecule has 27 heavy (non-hydrogen) atoms. The number of guanidine groups is 1. The van der Waals surface area contributed by atoms with Crippen LogP contribution < -0.4 is 5.32 Å². The average molecular weight is 377 g/mol. The highest BCUT2D eigenvalue weighted by molar-refractivity contribution is 5.82. The average Bonchev–Trinajstić information content (AvgIpc) is 3.39. The number of hydrogen-bond acceptors (Lipinski definition) is 5. The van der Waals surface area contributed by atoms with Crippen LogP contribution in [0.2, 0.25) is 0 Å². The largest absolute Gasteiger partial charge is 0.368 e. The van der Waals surface area contributed by atoms with Crippen LogP contribution in [0, 0.1) is 0 Å². The molecule has 2 aliphatic heterocycles. The maximum absolute atomic E-state index is 12.5. The molecule has 9 nitrogen and oxygen atoms in total. The number of hydrogen-bond donors (Lipinski definition) is 1. The van der Waals surface area contributed by atoms with Crippen LogP contribution in [0.5, 0.6) is 0 Å². The molecule has 2 aliphatic rings. The van der Waals surface area contributed by atoms with Crippen LogP contribution in [0.4, 0.5) is 0 Å². The molecule has 0 bridgehead atoms. The van der Waals surface area contributed by atoms with Gasteiger partial charge in [-0.05, 0) is 19.8 Å². The summed E-state index contributed by atoms with van der Waals surface area (Å²) in [4.78, 5) is 21.4. The summed E-state index contributed by atoms with van der Waals surface area (Å²) in [6.45, 7) is 10.1. The van der Waals surface area contributed by atoms with Gasteiger partial charge in [-0.1, -0.05) is 6.92 Å². The Bertz CT molecular complexity index is 631. The fourth-order valence-corrected chi connectivity index (χ4v) is 3.54. The molecule has 2 saturated heterocycles. The smallest absolute Gasteiger partial charge is 0.251 e. The van der Waals surface area contributed by atoms with Gasteiger partial charge in [0.2, 0.25) is 0 Å². The van der Waals surface area contributed by atoms with Gasteiger partial charge >= 0.3 is 0 Å². The summed E-state index contributed by atoms with van der Waals surface area (Å²) in [5.74, 6) is 2.04. The van der Waals surface area contributed by atoms with E-state index in [2.05, 4.69) is 34.3 Å². The SMILES string of the molecule is CCNC(=NCCn1cnnc1CC)N1CCN(C(=O)C2CCCO2)CC1. The Labute approximate surface area is 160 Å². The van der Waals surface area contributed by atoms with E-state index in [-0.39, 0.29) is 12.0 Å². The quantitative estimate of drug-likeness (QED) is 0.560. The molecule has 3 rings (SSSR count). The Balaban J connectivity index is 1.52. The summed E-state index contributed by atoms with van der Waals surface area (Å²) in [6, 6.07) is 0. The standard InChI is InChI=1S/C18H31N7O2/c1-3-16-22-21-14-25(16)8-7-20-18(19-4-2)24-11-9-23(10-12-24)17(26)15-6-5-13-27-15/h14-15H,3-13H2,1-2H3,(H,19,20). The number of aryl methyl sites for hydroxylation is 1. The molecule has 2 fully saturated rings. The number of rotatable bonds is 6. The minimum atomic E-state index is -0.227. The van der Waals surface area contributed by atoms with Gasteiger partial charge in [0.15, 0.2) is 5.96 Å². The van der Waals surface area contributed by atoms with E-state index < -0.39 is 0 Å². The normalized spacial score (nSPS) is 21.0. The van der Waals surface area contributed by atoms with E-state index in [1.165, 1.54) is 0 Å². The van der Waals surface area contributed by atoms with Crippen molar-refractivity contribution in [3.8, 4) is 0 Å². The number of nitrogens with zero attached hydrogens (tertiary/aromatic N) is 6. The maximum atomic E-state index is 12.5. The number of piperazine rings is 1. The van der Waals surface area contributed by atoms with Crippen molar-refractivity contribution in [1.82, 2.24) is 29.9 Å². The van der Waals surface area contributed by atoms with Gasteiger partial charge in [0, 0.05) is 52.3 Å². The van der Waals surface area contributed by atoms with Crippen LogP contribution in [-0.2, 0) is 22.5 Å². The fourth-order valence-electron chi connectivity index (χ4n) is 3.54. The van der Waals surface area contributed by atoms with Gasteiger partial charge in [0.25, 0.3) is 5.91 Å². The Hall–Kier alpha value is -2.16. The molecule has 9 heteroatoms. The lowest BCUT2D eigenvalue weighted by Crippen LogP contribution is -2.55. The molecule has 3 heterocycles. The maximum Gasteiger partial charge on any atom is 0.251 e. The van der Waals surface area contributed by atoms with Crippen molar-refractivity contribution in [2.24, 2.45) is 4.99 Å². The fraction of sp³-hybridized carbons (Fsp3) is 0.778.